The average Bonchev–Trinajstić information content (AvgIpc) is 2.51. The molecule has 0 saturated heterocycles. The molecule has 0 atom stereocenters. The van der Waals surface area contributed by atoms with Gasteiger partial charge in [0.2, 0.25) is 5.91 Å². The maximum absolute atomic E-state index is 11.4. The van der Waals surface area contributed by atoms with Crippen molar-refractivity contribution in [3.8, 4) is 0 Å². The third kappa shape index (κ3) is 5.43. The van der Waals surface area contributed by atoms with Crippen LogP contribution >= 0.6 is 0 Å². The highest BCUT2D eigenvalue weighted by Crippen LogP contribution is 2.15. The van der Waals surface area contributed by atoms with E-state index in [1.807, 2.05) is 25.1 Å². The van der Waals surface area contributed by atoms with E-state index in [4.69, 9.17) is 5.11 Å². The van der Waals surface area contributed by atoms with Gasteiger partial charge in [0.15, 0.2) is 0 Å². The van der Waals surface area contributed by atoms with Crippen LogP contribution in [0.25, 0.3) is 6.08 Å². The van der Waals surface area contributed by atoms with Gasteiger partial charge in [-0.2, -0.15) is 0 Å². The van der Waals surface area contributed by atoms with E-state index >= 15 is 0 Å². The SMILES string of the molecule is C/C=C/c1ccc(Cc2ccc(NC(=O)CC(=O)O)cc2)cc1. The predicted octanol–water partition coefficient (Wildman–Crippen LogP) is 3.72. The molecule has 0 radical (unpaired) electrons. The molecule has 0 spiro atoms. The van der Waals surface area contributed by atoms with Gasteiger partial charge in [-0.25, -0.2) is 0 Å². The van der Waals surface area contributed by atoms with Crippen molar-refractivity contribution in [3.63, 3.8) is 0 Å². The summed E-state index contributed by atoms with van der Waals surface area (Å²) in [6.45, 7) is 1.99. The summed E-state index contributed by atoms with van der Waals surface area (Å²) in [4.78, 5) is 21.8. The van der Waals surface area contributed by atoms with Crippen LogP contribution in [0.15, 0.2) is 54.6 Å². The highest BCUT2D eigenvalue weighted by Gasteiger charge is 2.07. The fourth-order valence-corrected chi connectivity index (χ4v) is 2.22. The van der Waals surface area contributed by atoms with E-state index in [2.05, 4.69) is 35.7 Å². The van der Waals surface area contributed by atoms with Crippen LogP contribution < -0.4 is 5.32 Å². The molecule has 23 heavy (non-hydrogen) atoms. The van der Waals surface area contributed by atoms with Crippen molar-refractivity contribution < 1.29 is 14.7 Å². The first-order valence-corrected chi connectivity index (χ1v) is 7.39. The molecule has 2 N–H and O–H groups in total. The minimum absolute atomic E-state index is 0.523. The minimum atomic E-state index is -1.14. The van der Waals surface area contributed by atoms with Crippen molar-refractivity contribution in [2.24, 2.45) is 0 Å². The van der Waals surface area contributed by atoms with Gasteiger partial charge >= 0.3 is 5.97 Å². The molecule has 0 aliphatic carbocycles. The summed E-state index contributed by atoms with van der Waals surface area (Å²) >= 11 is 0. The first kappa shape index (κ1) is 16.5. The fourth-order valence-electron chi connectivity index (χ4n) is 2.22. The standard InChI is InChI=1S/C19H19NO3/c1-2-3-14-4-6-15(7-5-14)12-16-8-10-17(11-9-16)20-18(21)13-19(22)23/h2-11H,12-13H2,1H3,(H,20,21)(H,22,23)/b3-2+. The summed E-state index contributed by atoms with van der Waals surface area (Å²) in [5.41, 5.74) is 4.11. The number of rotatable bonds is 6. The molecule has 0 saturated carbocycles. The highest BCUT2D eigenvalue weighted by atomic mass is 16.4. The molecule has 0 aliphatic heterocycles. The number of carboxylic acids is 1. The number of hydrogen-bond donors (Lipinski definition) is 2. The quantitative estimate of drug-likeness (QED) is 0.799. The van der Waals surface area contributed by atoms with Crippen LogP contribution in [0.4, 0.5) is 5.69 Å². The smallest absolute Gasteiger partial charge is 0.312 e. The molecule has 2 aromatic carbocycles. The number of aliphatic carboxylic acids is 1. The second-order valence-electron chi connectivity index (χ2n) is 5.23. The van der Waals surface area contributed by atoms with E-state index in [-0.39, 0.29) is 0 Å². The summed E-state index contributed by atoms with van der Waals surface area (Å²) in [5.74, 6) is -1.66. The number of benzene rings is 2. The fraction of sp³-hybridized carbons (Fsp3) is 0.158. The first-order chi connectivity index (χ1) is 11.1. The van der Waals surface area contributed by atoms with Gasteiger partial charge in [-0.05, 0) is 42.2 Å². The monoisotopic (exact) mass is 309 g/mol. The van der Waals surface area contributed by atoms with Gasteiger partial charge in [-0.3, -0.25) is 9.59 Å². The van der Waals surface area contributed by atoms with Crippen LogP contribution in [0.5, 0.6) is 0 Å². The molecule has 0 heterocycles. The molecule has 2 aromatic rings. The summed E-state index contributed by atoms with van der Waals surface area (Å²) in [6.07, 6.45) is 4.34. The van der Waals surface area contributed by atoms with E-state index < -0.39 is 18.3 Å². The Labute approximate surface area is 135 Å². The van der Waals surface area contributed by atoms with Gasteiger partial charge in [0, 0.05) is 5.69 Å². The van der Waals surface area contributed by atoms with E-state index in [0.717, 1.165) is 12.0 Å². The summed E-state index contributed by atoms with van der Waals surface area (Å²) < 4.78 is 0. The number of carbonyl (C=O) groups is 2. The molecule has 0 unspecified atom stereocenters. The minimum Gasteiger partial charge on any atom is -0.481 e. The van der Waals surface area contributed by atoms with Crippen LogP contribution in [-0.4, -0.2) is 17.0 Å². The molecular weight excluding hydrogens is 290 g/mol. The molecule has 1 amide bonds. The van der Waals surface area contributed by atoms with Gasteiger partial charge in [-0.1, -0.05) is 48.6 Å². The Morgan fingerprint density at radius 1 is 1.00 bits per heavy atom. The van der Waals surface area contributed by atoms with Crippen molar-refractivity contribution in [2.75, 3.05) is 5.32 Å². The topological polar surface area (TPSA) is 66.4 Å². The molecule has 0 aromatic heterocycles. The lowest BCUT2D eigenvalue weighted by molar-refractivity contribution is -0.139. The average molecular weight is 309 g/mol. The third-order valence-corrected chi connectivity index (χ3v) is 3.30. The predicted molar refractivity (Wildman–Crippen MR) is 91.3 cm³/mol. The number of carbonyl (C=O) groups excluding carboxylic acids is 1. The van der Waals surface area contributed by atoms with Gasteiger partial charge in [0.1, 0.15) is 6.42 Å². The van der Waals surface area contributed by atoms with E-state index in [0.29, 0.717) is 5.69 Å². The maximum Gasteiger partial charge on any atom is 0.312 e. The molecular formula is C19H19NO3. The largest absolute Gasteiger partial charge is 0.481 e. The highest BCUT2D eigenvalue weighted by molar-refractivity contribution is 6.01. The van der Waals surface area contributed by atoms with Gasteiger partial charge in [-0.15, -0.1) is 0 Å². The Bertz CT molecular complexity index is 700. The molecule has 4 heteroatoms. The lowest BCUT2D eigenvalue weighted by atomic mass is 10.0. The number of hydrogen-bond acceptors (Lipinski definition) is 2. The molecule has 118 valence electrons. The Hall–Kier alpha value is -2.88. The normalized spacial score (nSPS) is 10.7. The summed E-state index contributed by atoms with van der Waals surface area (Å²) in [6, 6.07) is 15.8. The molecule has 4 nitrogen and oxygen atoms in total. The van der Waals surface area contributed by atoms with Crippen LogP contribution in [0.2, 0.25) is 0 Å². The lowest BCUT2D eigenvalue weighted by Gasteiger charge is -2.06. The second kappa shape index (κ2) is 7.94. The van der Waals surface area contributed by atoms with Crippen LogP contribution in [0.3, 0.4) is 0 Å². The molecule has 2 rings (SSSR count). The van der Waals surface area contributed by atoms with Crippen LogP contribution in [0, 0.1) is 0 Å². The maximum atomic E-state index is 11.4. The van der Waals surface area contributed by atoms with Gasteiger partial charge in [0.25, 0.3) is 0 Å². The van der Waals surface area contributed by atoms with Crippen molar-refractivity contribution in [3.05, 3.63) is 71.3 Å². The summed E-state index contributed by atoms with van der Waals surface area (Å²) in [7, 11) is 0. The Morgan fingerprint density at radius 2 is 1.57 bits per heavy atom. The van der Waals surface area contributed by atoms with Crippen molar-refractivity contribution in [1.82, 2.24) is 0 Å². The molecule has 0 fully saturated rings. The van der Waals surface area contributed by atoms with Gasteiger partial charge in [0.05, 0.1) is 0 Å². The van der Waals surface area contributed by atoms with Crippen molar-refractivity contribution >= 4 is 23.6 Å². The van der Waals surface area contributed by atoms with Crippen molar-refractivity contribution in [1.29, 1.82) is 0 Å². The van der Waals surface area contributed by atoms with E-state index in [9.17, 15) is 9.59 Å². The lowest BCUT2D eigenvalue weighted by Crippen LogP contribution is -2.15. The second-order valence-corrected chi connectivity index (χ2v) is 5.23. The first-order valence-electron chi connectivity index (χ1n) is 7.39. The number of anilines is 1. The zero-order chi connectivity index (χ0) is 16.7. The van der Waals surface area contributed by atoms with Gasteiger partial charge < -0.3 is 10.4 Å². The van der Waals surface area contributed by atoms with E-state index in [1.165, 1.54) is 11.1 Å². The summed E-state index contributed by atoms with van der Waals surface area (Å²) in [5, 5.41) is 11.1. The van der Waals surface area contributed by atoms with Crippen molar-refractivity contribution in [2.45, 2.75) is 19.8 Å². The Morgan fingerprint density at radius 3 is 2.09 bits per heavy atom. The number of allylic oxidation sites excluding steroid dienone is 1. The number of nitrogens with one attached hydrogen (secondary N) is 1. The Kier molecular flexibility index (Phi) is 5.69. The van der Waals surface area contributed by atoms with Crippen LogP contribution in [-0.2, 0) is 16.0 Å². The molecule has 0 bridgehead atoms. The number of amides is 1. The van der Waals surface area contributed by atoms with E-state index in [1.54, 1.807) is 12.1 Å². The third-order valence-electron chi connectivity index (χ3n) is 3.30. The number of carboxylic acid groups (broad SMARTS) is 1. The zero-order valence-electron chi connectivity index (χ0n) is 13.0. The van der Waals surface area contributed by atoms with Crippen LogP contribution in [0.1, 0.15) is 30.0 Å². The molecule has 0 aliphatic rings. The Balaban J connectivity index is 1.96. The zero-order valence-corrected chi connectivity index (χ0v) is 13.0.